The zero-order chi connectivity index (χ0) is 12.3. The van der Waals surface area contributed by atoms with Crippen LogP contribution in [-0.2, 0) is 0 Å². The molecule has 4 heteroatoms. The highest BCUT2D eigenvalue weighted by Gasteiger charge is 2.18. The zero-order valence-corrected chi connectivity index (χ0v) is 10.2. The van der Waals surface area contributed by atoms with Crippen molar-refractivity contribution in [2.45, 2.75) is 19.4 Å². The first-order chi connectivity index (χ1) is 7.47. The van der Waals surface area contributed by atoms with Gasteiger partial charge >= 0.3 is 0 Å². The molecule has 1 atom stereocenters. The summed E-state index contributed by atoms with van der Waals surface area (Å²) >= 11 is 5.84. The van der Waals surface area contributed by atoms with Crippen LogP contribution in [0, 0.1) is 0 Å². The number of methoxy groups -OCH3 is 1. The molecule has 0 saturated carbocycles. The highest BCUT2D eigenvalue weighted by atomic mass is 35.5. The van der Waals surface area contributed by atoms with Crippen LogP contribution in [0.2, 0.25) is 5.02 Å². The Morgan fingerprint density at radius 2 is 2.25 bits per heavy atom. The van der Waals surface area contributed by atoms with Crippen molar-refractivity contribution in [1.82, 2.24) is 0 Å². The van der Waals surface area contributed by atoms with Gasteiger partial charge in [-0.1, -0.05) is 17.2 Å². The molecule has 0 amide bonds. The smallest absolute Gasteiger partial charge is 0.142 e. The van der Waals surface area contributed by atoms with Crippen molar-refractivity contribution in [2.24, 2.45) is 5.73 Å². The third-order valence-corrected chi connectivity index (χ3v) is 2.59. The predicted octanol–water partition coefficient (Wildman–Crippen LogP) is 3.02. The number of phenolic OH excluding ortho intramolecular Hbond substituents is 1. The molecule has 1 aromatic rings. The van der Waals surface area contributed by atoms with Gasteiger partial charge in [0.15, 0.2) is 0 Å². The molecule has 0 aliphatic heterocycles. The van der Waals surface area contributed by atoms with Crippen LogP contribution in [-0.4, -0.2) is 12.2 Å². The maximum atomic E-state index is 9.87. The molecule has 0 aromatic heterocycles. The first-order valence-electron chi connectivity index (χ1n) is 4.92. The number of phenols is 1. The molecule has 3 nitrogen and oxygen atoms in total. The van der Waals surface area contributed by atoms with E-state index in [4.69, 9.17) is 22.1 Å². The minimum atomic E-state index is -0.369. The summed E-state index contributed by atoms with van der Waals surface area (Å²) in [5.41, 5.74) is 7.45. The number of nitrogens with two attached hydrogens (primary N) is 1. The Bertz CT molecular complexity index is 404. The van der Waals surface area contributed by atoms with Crippen LogP contribution >= 0.6 is 11.6 Å². The molecule has 0 aliphatic rings. The van der Waals surface area contributed by atoms with Crippen LogP contribution in [0.25, 0.3) is 0 Å². The number of hydrogen-bond acceptors (Lipinski definition) is 3. The summed E-state index contributed by atoms with van der Waals surface area (Å²) in [6.07, 6.45) is 0.574. The summed E-state index contributed by atoms with van der Waals surface area (Å²) in [6.45, 7) is 5.68. The quantitative estimate of drug-likeness (QED) is 0.797. The maximum Gasteiger partial charge on any atom is 0.142 e. The minimum Gasteiger partial charge on any atom is -0.506 e. The van der Waals surface area contributed by atoms with E-state index in [1.807, 2.05) is 6.92 Å². The van der Waals surface area contributed by atoms with E-state index in [1.54, 1.807) is 12.1 Å². The Balaban J connectivity index is 3.18. The number of benzene rings is 1. The van der Waals surface area contributed by atoms with Gasteiger partial charge in [0.25, 0.3) is 0 Å². The van der Waals surface area contributed by atoms with E-state index in [2.05, 4.69) is 6.58 Å². The molecule has 88 valence electrons. The molecule has 3 N–H and O–H groups in total. The van der Waals surface area contributed by atoms with Crippen molar-refractivity contribution >= 4 is 11.6 Å². The molecular formula is C12H16ClNO2. The van der Waals surface area contributed by atoms with Crippen molar-refractivity contribution in [2.75, 3.05) is 7.11 Å². The van der Waals surface area contributed by atoms with Gasteiger partial charge in [-0.05, 0) is 25.5 Å². The third kappa shape index (κ3) is 2.68. The zero-order valence-electron chi connectivity index (χ0n) is 9.46. The molecular weight excluding hydrogens is 226 g/mol. The average Bonchev–Trinajstić information content (AvgIpc) is 2.20. The summed E-state index contributed by atoms with van der Waals surface area (Å²) < 4.78 is 5.16. The van der Waals surface area contributed by atoms with Gasteiger partial charge < -0.3 is 15.6 Å². The van der Waals surface area contributed by atoms with Gasteiger partial charge in [0.2, 0.25) is 0 Å². The number of aromatic hydroxyl groups is 1. The molecule has 0 aliphatic carbocycles. The standard InChI is InChI=1S/C12H16ClNO2/c1-7(2)6-9(14)11-10(16-3)5-4-8(13)12(11)15/h4-5,9,15H,1,6,14H2,2-3H3/t9-/m1/s1. The molecule has 1 rings (SSSR count). The monoisotopic (exact) mass is 241 g/mol. The van der Waals surface area contributed by atoms with Gasteiger partial charge in [-0.3, -0.25) is 0 Å². The van der Waals surface area contributed by atoms with E-state index < -0.39 is 0 Å². The highest BCUT2D eigenvalue weighted by Crippen LogP contribution is 2.39. The Morgan fingerprint density at radius 3 is 2.75 bits per heavy atom. The Morgan fingerprint density at radius 1 is 1.62 bits per heavy atom. The molecule has 0 radical (unpaired) electrons. The molecule has 0 spiro atoms. The first kappa shape index (κ1) is 12.9. The van der Waals surface area contributed by atoms with Crippen molar-refractivity contribution in [3.63, 3.8) is 0 Å². The van der Waals surface area contributed by atoms with Crippen LogP contribution in [0.4, 0.5) is 0 Å². The Labute approximate surface area is 100 Å². The lowest BCUT2D eigenvalue weighted by atomic mass is 9.99. The van der Waals surface area contributed by atoms with Gasteiger partial charge in [-0.2, -0.15) is 0 Å². The average molecular weight is 242 g/mol. The van der Waals surface area contributed by atoms with Gasteiger partial charge in [0.1, 0.15) is 11.5 Å². The molecule has 0 heterocycles. The number of rotatable bonds is 4. The van der Waals surface area contributed by atoms with Crippen LogP contribution < -0.4 is 10.5 Å². The summed E-state index contributed by atoms with van der Waals surface area (Å²) in [4.78, 5) is 0. The molecule has 0 unspecified atom stereocenters. The summed E-state index contributed by atoms with van der Waals surface area (Å²) in [7, 11) is 1.53. The second kappa shape index (κ2) is 5.23. The van der Waals surface area contributed by atoms with Crippen molar-refractivity contribution in [3.8, 4) is 11.5 Å². The molecule has 0 fully saturated rings. The van der Waals surface area contributed by atoms with Gasteiger partial charge in [-0.25, -0.2) is 0 Å². The summed E-state index contributed by atoms with van der Waals surface area (Å²) in [5, 5.41) is 10.1. The molecule has 16 heavy (non-hydrogen) atoms. The number of halogens is 1. The van der Waals surface area contributed by atoms with Crippen molar-refractivity contribution in [3.05, 3.63) is 34.9 Å². The van der Waals surface area contributed by atoms with E-state index in [9.17, 15) is 5.11 Å². The lowest BCUT2D eigenvalue weighted by molar-refractivity contribution is 0.393. The van der Waals surface area contributed by atoms with Crippen LogP contribution in [0.3, 0.4) is 0 Å². The molecule has 1 aromatic carbocycles. The summed E-state index contributed by atoms with van der Waals surface area (Å²) in [5.74, 6) is 0.519. The van der Waals surface area contributed by atoms with Gasteiger partial charge in [0, 0.05) is 6.04 Å². The Hall–Kier alpha value is -1.19. The topological polar surface area (TPSA) is 55.5 Å². The van der Waals surface area contributed by atoms with Crippen molar-refractivity contribution in [1.29, 1.82) is 0 Å². The third-order valence-electron chi connectivity index (χ3n) is 2.29. The van der Waals surface area contributed by atoms with Gasteiger partial charge in [-0.15, -0.1) is 6.58 Å². The predicted molar refractivity (Wildman–Crippen MR) is 66.0 cm³/mol. The van der Waals surface area contributed by atoms with E-state index in [1.165, 1.54) is 7.11 Å². The Kier molecular flexibility index (Phi) is 4.21. The molecule has 0 saturated heterocycles. The highest BCUT2D eigenvalue weighted by molar-refractivity contribution is 6.32. The SMILES string of the molecule is C=C(C)C[C@@H](N)c1c(OC)ccc(Cl)c1O. The minimum absolute atomic E-state index is 0.0187. The van der Waals surface area contributed by atoms with E-state index >= 15 is 0 Å². The van der Waals surface area contributed by atoms with E-state index in [-0.39, 0.29) is 16.8 Å². The summed E-state index contributed by atoms with van der Waals surface area (Å²) in [6, 6.07) is 2.90. The van der Waals surface area contributed by atoms with Crippen molar-refractivity contribution < 1.29 is 9.84 Å². The fraction of sp³-hybridized carbons (Fsp3) is 0.333. The second-order valence-electron chi connectivity index (χ2n) is 3.78. The lowest BCUT2D eigenvalue weighted by Gasteiger charge is -2.17. The lowest BCUT2D eigenvalue weighted by Crippen LogP contribution is -2.12. The van der Waals surface area contributed by atoms with Crippen LogP contribution in [0.1, 0.15) is 24.9 Å². The van der Waals surface area contributed by atoms with E-state index in [0.29, 0.717) is 17.7 Å². The normalized spacial score (nSPS) is 12.2. The second-order valence-corrected chi connectivity index (χ2v) is 4.19. The van der Waals surface area contributed by atoms with E-state index in [0.717, 1.165) is 5.57 Å². The van der Waals surface area contributed by atoms with Gasteiger partial charge in [0.05, 0.1) is 17.7 Å². The number of ether oxygens (including phenoxy) is 1. The molecule has 0 bridgehead atoms. The maximum absolute atomic E-state index is 9.87. The first-order valence-corrected chi connectivity index (χ1v) is 5.30. The van der Waals surface area contributed by atoms with Crippen LogP contribution in [0.5, 0.6) is 11.5 Å². The largest absolute Gasteiger partial charge is 0.506 e. The fourth-order valence-corrected chi connectivity index (χ4v) is 1.74. The van der Waals surface area contributed by atoms with Crippen LogP contribution in [0.15, 0.2) is 24.3 Å². The number of hydrogen-bond donors (Lipinski definition) is 2. The fourth-order valence-electron chi connectivity index (χ4n) is 1.58.